The van der Waals surface area contributed by atoms with Gasteiger partial charge in [-0.3, -0.25) is 4.98 Å². The fourth-order valence-corrected chi connectivity index (χ4v) is 1.98. The Hall–Kier alpha value is -1.92. The molecule has 0 spiro atoms. The highest BCUT2D eigenvalue weighted by Crippen LogP contribution is 2.26. The molecular formula is C16H24ClN5O. The van der Waals surface area contributed by atoms with Gasteiger partial charge in [-0.05, 0) is 32.6 Å². The van der Waals surface area contributed by atoms with Crippen LogP contribution in [0.4, 0.5) is 5.82 Å². The summed E-state index contributed by atoms with van der Waals surface area (Å²) in [5, 5.41) is 0. The zero-order valence-corrected chi connectivity index (χ0v) is 14.9. The monoisotopic (exact) mass is 337 g/mol. The highest BCUT2D eigenvalue weighted by Gasteiger charge is 2.12. The van der Waals surface area contributed by atoms with Crippen molar-refractivity contribution in [2.75, 3.05) is 46.2 Å². The van der Waals surface area contributed by atoms with Gasteiger partial charge in [0.15, 0.2) is 5.82 Å². The molecule has 0 N–H and O–H groups in total. The van der Waals surface area contributed by atoms with Gasteiger partial charge in [0, 0.05) is 38.6 Å². The third-order valence-electron chi connectivity index (χ3n) is 3.11. The topological polar surface area (TPSA) is 54.4 Å². The zero-order valence-electron chi connectivity index (χ0n) is 14.1. The third kappa shape index (κ3) is 5.65. The van der Waals surface area contributed by atoms with E-state index in [2.05, 4.69) is 33.9 Å². The molecule has 7 heteroatoms. The molecule has 2 rings (SSSR count). The van der Waals surface area contributed by atoms with Crippen LogP contribution in [0.2, 0.25) is 0 Å². The molecule has 0 aliphatic carbocycles. The Morgan fingerprint density at radius 2 is 1.78 bits per heavy atom. The summed E-state index contributed by atoms with van der Waals surface area (Å²) in [6, 6.07) is 3.82. The van der Waals surface area contributed by atoms with Crippen LogP contribution < -0.4 is 9.64 Å². The Morgan fingerprint density at radius 1 is 1.09 bits per heavy atom. The first-order chi connectivity index (χ1) is 10.6. The maximum absolute atomic E-state index is 5.85. The van der Waals surface area contributed by atoms with Crippen molar-refractivity contribution in [1.29, 1.82) is 0 Å². The van der Waals surface area contributed by atoms with Gasteiger partial charge in [0.05, 0.1) is 18.5 Å². The molecule has 0 amide bonds. The molecular weight excluding hydrogens is 314 g/mol. The SMILES string of the molecule is CN(C)CCCOc1nc(-c2ccncc2)cnc1N(C)C.Cl. The smallest absolute Gasteiger partial charge is 0.258 e. The van der Waals surface area contributed by atoms with E-state index in [9.17, 15) is 0 Å². The first-order valence-electron chi connectivity index (χ1n) is 7.30. The van der Waals surface area contributed by atoms with Crippen molar-refractivity contribution in [3.63, 3.8) is 0 Å². The van der Waals surface area contributed by atoms with E-state index in [4.69, 9.17) is 4.74 Å². The molecule has 0 atom stereocenters. The van der Waals surface area contributed by atoms with E-state index in [1.807, 2.05) is 31.1 Å². The largest absolute Gasteiger partial charge is 0.475 e. The quantitative estimate of drug-likeness (QED) is 0.723. The lowest BCUT2D eigenvalue weighted by atomic mass is 10.2. The van der Waals surface area contributed by atoms with E-state index >= 15 is 0 Å². The van der Waals surface area contributed by atoms with Gasteiger partial charge >= 0.3 is 0 Å². The molecule has 0 radical (unpaired) electrons. The van der Waals surface area contributed by atoms with Crippen LogP contribution in [0.5, 0.6) is 5.88 Å². The molecule has 2 heterocycles. The van der Waals surface area contributed by atoms with Gasteiger partial charge in [0.25, 0.3) is 5.88 Å². The molecule has 126 valence electrons. The Bertz CT molecular complexity index is 592. The maximum atomic E-state index is 5.85. The zero-order chi connectivity index (χ0) is 15.9. The molecule has 0 saturated carbocycles. The summed E-state index contributed by atoms with van der Waals surface area (Å²) >= 11 is 0. The molecule has 0 bridgehead atoms. The van der Waals surface area contributed by atoms with Gasteiger partial charge in [-0.25, -0.2) is 9.97 Å². The fraction of sp³-hybridized carbons (Fsp3) is 0.438. The molecule has 0 aromatic carbocycles. The van der Waals surface area contributed by atoms with Crippen LogP contribution in [0.25, 0.3) is 11.3 Å². The van der Waals surface area contributed by atoms with Crippen LogP contribution >= 0.6 is 12.4 Å². The number of rotatable bonds is 7. The lowest BCUT2D eigenvalue weighted by Crippen LogP contribution is -2.17. The Balaban J connectivity index is 0.00000264. The lowest BCUT2D eigenvalue weighted by Gasteiger charge is -2.17. The van der Waals surface area contributed by atoms with Crippen LogP contribution in [-0.4, -0.2) is 61.2 Å². The highest BCUT2D eigenvalue weighted by atomic mass is 35.5. The van der Waals surface area contributed by atoms with Crippen molar-refractivity contribution in [2.45, 2.75) is 6.42 Å². The van der Waals surface area contributed by atoms with Gasteiger partial charge in [0.2, 0.25) is 0 Å². The normalized spacial score (nSPS) is 10.3. The van der Waals surface area contributed by atoms with E-state index in [0.29, 0.717) is 12.5 Å². The summed E-state index contributed by atoms with van der Waals surface area (Å²) in [5.41, 5.74) is 1.77. The van der Waals surface area contributed by atoms with Gasteiger partial charge in [-0.2, -0.15) is 0 Å². The third-order valence-corrected chi connectivity index (χ3v) is 3.11. The fourth-order valence-electron chi connectivity index (χ4n) is 1.98. The predicted molar refractivity (Wildman–Crippen MR) is 95.5 cm³/mol. The Morgan fingerprint density at radius 3 is 2.39 bits per heavy atom. The van der Waals surface area contributed by atoms with Crippen molar-refractivity contribution in [1.82, 2.24) is 19.9 Å². The Labute approximate surface area is 143 Å². The van der Waals surface area contributed by atoms with Crippen molar-refractivity contribution in [3.05, 3.63) is 30.7 Å². The van der Waals surface area contributed by atoms with E-state index < -0.39 is 0 Å². The van der Waals surface area contributed by atoms with E-state index in [1.54, 1.807) is 18.6 Å². The van der Waals surface area contributed by atoms with E-state index in [0.717, 1.165) is 30.0 Å². The number of hydrogen-bond donors (Lipinski definition) is 0. The van der Waals surface area contributed by atoms with Crippen LogP contribution in [0.3, 0.4) is 0 Å². The summed E-state index contributed by atoms with van der Waals surface area (Å²) in [7, 11) is 7.97. The minimum absolute atomic E-state index is 0. The number of pyridine rings is 1. The molecule has 2 aromatic rings. The summed E-state index contributed by atoms with van der Waals surface area (Å²) in [4.78, 5) is 17.2. The van der Waals surface area contributed by atoms with Crippen molar-refractivity contribution >= 4 is 18.2 Å². The molecule has 0 fully saturated rings. The number of hydrogen-bond acceptors (Lipinski definition) is 6. The summed E-state index contributed by atoms with van der Waals surface area (Å²) < 4.78 is 5.85. The molecule has 0 unspecified atom stereocenters. The van der Waals surface area contributed by atoms with Crippen LogP contribution in [0, 0.1) is 0 Å². The second kappa shape index (κ2) is 9.27. The van der Waals surface area contributed by atoms with Crippen molar-refractivity contribution < 1.29 is 4.74 Å². The maximum Gasteiger partial charge on any atom is 0.258 e. The van der Waals surface area contributed by atoms with Crippen molar-refractivity contribution in [3.8, 4) is 17.1 Å². The number of ether oxygens (including phenoxy) is 1. The molecule has 0 aliphatic rings. The molecule has 23 heavy (non-hydrogen) atoms. The van der Waals surface area contributed by atoms with E-state index in [-0.39, 0.29) is 12.4 Å². The summed E-state index contributed by atoms with van der Waals surface area (Å²) in [6.07, 6.45) is 6.20. The molecule has 6 nitrogen and oxygen atoms in total. The molecule has 0 aliphatic heterocycles. The van der Waals surface area contributed by atoms with E-state index in [1.165, 1.54) is 0 Å². The van der Waals surface area contributed by atoms with Gasteiger partial charge in [-0.1, -0.05) is 0 Å². The first-order valence-corrected chi connectivity index (χ1v) is 7.30. The van der Waals surface area contributed by atoms with Gasteiger partial charge in [0.1, 0.15) is 0 Å². The minimum atomic E-state index is 0. The first kappa shape index (κ1) is 19.1. The van der Waals surface area contributed by atoms with Gasteiger partial charge < -0.3 is 14.5 Å². The number of nitrogens with zero attached hydrogens (tertiary/aromatic N) is 5. The second-order valence-electron chi connectivity index (χ2n) is 5.52. The summed E-state index contributed by atoms with van der Waals surface area (Å²) in [5.74, 6) is 1.31. The van der Waals surface area contributed by atoms with Crippen LogP contribution in [0.15, 0.2) is 30.7 Å². The summed E-state index contributed by atoms with van der Waals surface area (Å²) in [6.45, 7) is 1.60. The average molecular weight is 338 g/mol. The van der Waals surface area contributed by atoms with Crippen molar-refractivity contribution in [2.24, 2.45) is 0 Å². The lowest BCUT2D eigenvalue weighted by molar-refractivity contribution is 0.273. The van der Waals surface area contributed by atoms with Gasteiger partial charge in [-0.15, -0.1) is 12.4 Å². The minimum Gasteiger partial charge on any atom is -0.475 e. The second-order valence-corrected chi connectivity index (χ2v) is 5.52. The molecule has 2 aromatic heterocycles. The van der Waals surface area contributed by atoms with Crippen LogP contribution in [0.1, 0.15) is 6.42 Å². The number of halogens is 1. The highest BCUT2D eigenvalue weighted by molar-refractivity contribution is 5.85. The number of aromatic nitrogens is 3. The Kier molecular flexibility index (Phi) is 7.71. The predicted octanol–water partition coefficient (Wildman–Crippen LogP) is 2.36. The van der Waals surface area contributed by atoms with Crippen LogP contribution in [-0.2, 0) is 0 Å². The number of anilines is 1. The standard InChI is InChI=1S/C16H23N5O.ClH/c1-20(2)10-5-11-22-16-15(21(3)4)18-12-14(19-16)13-6-8-17-9-7-13;/h6-9,12H,5,10-11H2,1-4H3;1H. The average Bonchev–Trinajstić information content (AvgIpc) is 2.52. The molecule has 0 saturated heterocycles.